The Kier molecular flexibility index (Phi) is 6.04. The molecule has 1 aromatic carbocycles. The van der Waals surface area contributed by atoms with Gasteiger partial charge in [0.2, 0.25) is 0 Å². The van der Waals surface area contributed by atoms with Crippen LogP contribution in [0.5, 0.6) is 0 Å². The van der Waals surface area contributed by atoms with Gasteiger partial charge in [-0.15, -0.1) is 0 Å². The standard InChI is InChI=1S/C12H13Cl2FN2O3/c1-2-17(4-3-10(18)19)12(20)16-11-8(13)5-7(15)6-9(11)14/h5-6H,2-4H2,1H3,(H,16,20)(H,18,19). The van der Waals surface area contributed by atoms with Crippen LogP contribution < -0.4 is 5.32 Å². The number of carbonyl (C=O) groups excluding carboxylic acids is 1. The number of carboxylic acid groups (broad SMARTS) is 1. The quantitative estimate of drug-likeness (QED) is 0.872. The summed E-state index contributed by atoms with van der Waals surface area (Å²) in [5.41, 5.74) is 0.0912. The van der Waals surface area contributed by atoms with Crippen molar-refractivity contribution in [1.29, 1.82) is 0 Å². The molecule has 0 saturated carbocycles. The molecular formula is C12H13Cl2FN2O3. The Labute approximate surface area is 125 Å². The zero-order valence-corrected chi connectivity index (χ0v) is 12.1. The minimum Gasteiger partial charge on any atom is -0.481 e. The van der Waals surface area contributed by atoms with Gasteiger partial charge in [0, 0.05) is 13.1 Å². The van der Waals surface area contributed by atoms with E-state index in [1.165, 1.54) is 4.90 Å². The number of amides is 2. The van der Waals surface area contributed by atoms with E-state index in [-0.39, 0.29) is 28.7 Å². The Bertz CT molecular complexity index is 502. The number of rotatable bonds is 5. The minimum absolute atomic E-state index is 0.0300. The van der Waals surface area contributed by atoms with Crippen LogP contribution in [-0.2, 0) is 4.79 Å². The molecule has 110 valence electrons. The number of anilines is 1. The molecule has 0 aliphatic heterocycles. The van der Waals surface area contributed by atoms with Gasteiger partial charge in [0.1, 0.15) is 5.82 Å². The maximum atomic E-state index is 13.0. The number of carbonyl (C=O) groups is 2. The van der Waals surface area contributed by atoms with E-state index in [0.717, 1.165) is 12.1 Å². The first-order valence-electron chi connectivity index (χ1n) is 5.77. The lowest BCUT2D eigenvalue weighted by Crippen LogP contribution is -2.36. The Hall–Kier alpha value is -1.53. The van der Waals surface area contributed by atoms with Crippen molar-refractivity contribution in [3.8, 4) is 0 Å². The minimum atomic E-state index is -1.01. The molecule has 0 heterocycles. The topological polar surface area (TPSA) is 69.6 Å². The molecule has 0 bridgehead atoms. The van der Waals surface area contributed by atoms with Crippen molar-refractivity contribution >= 4 is 40.9 Å². The van der Waals surface area contributed by atoms with Crippen LogP contribution in [0.1, 0.15) is 13.3 Å². The first-order chi connectivity index (χ1) is 9.35. The van der Waals surface area contributed by atoms with Gasteiger partial charge in [-0.25, -0.2) is 9.18 Å². The highest BCUT2D eigenvalue weighted by Gasteiger charge is 2.16. The molecule has 2 amide bonds. The molecule has 0 spiro atoms. The number of nitrogens with one attached hydrogen (secondary N) is 1. The van der Waals surface area contributed by atoms with Gasteiger partial charge in [0.15, 0.2) is 0 Å². The van der Waals surface area contributed by atoms with Crippen LogP contribution in [0.4, 0.5) is 14.9 Å². The zero-order chi connectivity index (χ0) is 15.3. The Balaban J connectivity index is 2.81. The number of urea groups is 1. The molecular weight excluding hydrogens is 310 g/mol. The molecule has 1 rings (SSSR count). The fraction of sp³-hybridized carbons (Fsp3) is 0.333. The molecule has 0 aromatic heterocycles. The van der Waals surface area contributed by atoms with Gasteiger partial charge >= 0.3 is 12.0 Å². The predicted octanol–water partition coefficient (Wildman–Crippen LogP) is 3.46. The second-order valence-corrected chi connectivity index (χ2v) is 4.71. The van der Waals surface area contributed by atoms with E-state index in [1.54, 1.807) is 6.92 Å². The highest BCUT2D eigenvalue weighted by molar-refractivity contribution is 6.39. The van der Waals surface area contributed by atoms with Crippen LogP contribution in [0.15, 0.2) is 12.1 Å². The number of benzene rings is 1. The molecule has 2 N–H and O–H groups in total. The van der Waals surface area contributed by atoms with Crippen LogP contribution in [0.3, 0.4) is 0 Å². The second kappa shape index (κ2) is 7.31. The van der Waals surface area contributed by atoms with Crippen molar-refractivity contribution in [2.45, 2.75) is 13.3 Å². The van der Waals surface area contributed by atoms with Crippen LogP contribution in [0, 0.1) is 5.82 Å². The van der Waals surface area contributed by atoms with Crippen molar-refractivity contribution in [1.82, 2.24) is 4.90 Å². The average Bonchev–Trinajstić information content (AvgIpc) is 2.34. The Morgan fingerprint density at radius 1 is 1.35 bits per heavy atom. The molecule has 0 aliphatic carbocycles. The monoisotopic (exact) mass is 322 g/mol. The molecule has 0 atom stereocenters. The first-order valence-corrected chi connectivity index (χ1v) is 6.53. The van der Waals surface area contributed by atoms with E-state index in [9.17, 15) is 14.0 Å². The van der Waals surface area contributed by atoms with Gasteiger partial charge in [-0.3, -0.25) is 4.79 Å². The fourth-order valence-corrected chi connectivity index (χ4v) is 2.04. The van der Waals surface area contributed by atoms with E-state index in [2.05, 4.69) is 5.32 Å². The summed E-state index contributed by atoms with van der Waals surface area (Å²) in [7, 11) is 0. The highest BCUT2D eigenvalue weighted by atomic mass is 35.5. The van der Waals surface area contributed by atoms with Crippen molar-refractivity contribution < 1.29 is 19.1 Å². The van der Waals surface area contributed by atoms with E-state index in [1.807, 2.05) is 0 Å². The van der Waals surface area contributed by atoms with Gasteiger partial charge in [-0.05, 0) is 19.1 Å². The van der Waals surface area contributed by atoms with Crippen LogP contribution in [-0.4, -0.2) is 35.1 Å². The summed E-state index contributed by atoms with van der Waals surface area (Å²) in [6, 6.07) is 1.50. The second-order valence-electron chi connectivity index (χ2n) is 3.90. The van der Waals surface area contributed by atoms with Crippen molar-refractivity contribution in [2.75, 3.05) is 18.4 Å². The number of nitrogens with zero attached hydrogens (tertiary/aromatic N) is 1. The Morgan fingerprint density at radius 2 is 1.90 bits per heavy atom. The third-order valence-electron chi connectivity index (χ3n) is 2.50. The summed E-state index contributed by atoms with van der Waals surface area (Å²) >= 11 is 11.6. The van der Waals surface area contributed by atoms with Crippen LogP contribution in [0.2, 0.25) is 10.0 Å². The van der Waals surface area contributed by atoms with E-state index < -0.39 is 17.8 Å². The fourth-order valence-electron chi connectivity index (χ4n) is 1.48. The summed E-state index contributed by atoms with van der Waals surface area (Å²) in [6.45, 7) is 2.07. The van der Waals surface area contributed by atoms with E-state index in [0.29, 0.717) is 6.54 Å². The van der Waals surface area contributed by atoms with Gasteiger partial charge in [-0.2, -0.15) is 0 Å². The summed E-state index contributed by atoms with van der Waals surface area (Å²) < 4.78 is 13.0. The molecule has 0 fully saturated rings. The lowest BCUT2D eigenvalue weighted by molar-refractivity contribution is -0.137. The molecule has 20 heavy (non-hydrogen) atoms. The van der Waals surface area contributed by atoms with Crippen LogP contribution >= 0.6 is 23.2 Å². The van der Waals surface area contributed by atoms with Gasteiger partial charge in [0.25, 0.3) is 0 Å². The smallest absolute Gasteiger partial charge is 0.321 e. The summed E-state index contributed by atoms with van der Waals surface area (Å²) in [5.74, 6) is -1.62. The third-order valence-corrected chi connectivity index (χ3v) is 3.10. The molecule has 1 aromatic rings. The lowest BCUT2D eigenvalue weighted by Gasteiger charge is -2.21. The van der Waals surface area contributed by atoms with Gasteiger partial charge in [-0.1, -0.05) is 23.2 Å². The predicted molar refractivity (Wildman–Crippen MR) is 74.9 cm³/mol. The lowest BCUT2D eigenvalue weighted by atomic mass is 10.3. The highest BCUT2D eigenvalue weighted by Crippen LogP contribution is 2.31. The summed E-state index contributed by atoms with van der Waals surface area (Å²) in [5, 5.41) is 11.0. The zero-order valence-electron chi connectivity index (χ0n) is 10.6. The van der Waals surface area contributed by atoms with E-state index >= 15 is 0 Å². The largest absolute Gasteiger partial charge is 0.481 e. The van der Waals surface area contributed by atoms with Gasteiger partial charge < -0.3 is 15.3 Å². The molecule has 5 nitrogen and oxygen atoms in total. The molecule has 8 heteroatoms. The summed E-state index contributed by atoms with van der Waals surface area (Å²) in [6.07, 6.45) is -0.174. The van der Waals surface area contributed by atoms with Gasteiger partial charge in [0.05, 0.1) is 22.2 Å². The first kappa shape index (κ1) is 16.5. The maximum Gasteiger partial charge on any atom is 0.321 e. The normalized spacial score (nSPS) is 10.2. The molecule has 0 aliphatic rings. The van der Waals surface area contributed by atoms with Crippen LogP contribution in [0.25, 0.3) is 0 Å². The molecule has 0 saturated heterocycles. The number of hydrogen-bond acceptors (Lipinski definition) is 2. The van der Waals surface area contributed by atoms with Crippen molar-refractivity contribution in [3.63, 3.8) is 0 Å². The SMILES string of the molecule is CCN(CCC(=O)O)C(=O)Nc1c(Cl)cc(F)cc1Cl. The maximum absolute atomic E-state index is 13.0. The number of aliphatic carboxylic acids is 1. The molecule has 0 unspecified atom stereocenters. The Morgan fingerprint density at radius 3 is 2.35 bits per heavy atom. The van der Waals surface area contributed by atoms with Crippen molar-refractivity contribution in [3.05, 3.63) is 28.0 Å². The summed E-state index contributed by atoms with van der Waals surface area (Å²) in [4.78, 5) is 23.7. The number of halogens is 3. The average molecular weight is 323 g/mol. The third kappa shape index (κ3) is 4.54. The molecule has 0 radical (unpaired) electrons. The number of hydrogen-bond donors (Lipinski definition) is 2. The number of carboxylic acids is 1. The van der Waals surface area contributed by atoms with Crippen molar-refractivity contribution in [2.24, 2.45) is 0 Å². The van der Waals surface area contributed by atoms with E-state index in [4.69, 9.17) is 28.3 Å².